The van der Waals surface area contributed by atoms with Gasteiger partial charge in [0.2, 0.25) is 5.91 Å². The van der Waals surface area contributed by atoms with Crippen LogP contribution in [0.4, 0.5) is 0 Å². The van der Waals surface area contributed by atoms with Crippen LogP contribution in [0.15, 0.2) is 30.3 Å². The van der Waals surface area contributed by atoms with Gasteiger partial charge < -0.3 is 15.0 Å². The predicted molar refractivity (Wildman–Crippen MR) is 74.9 cm³/mol. The van der Waals surface area contributed by atoms with Crippen molar-refractivity contribution >= 4 is 5.91 Å². The Kier molecular flexibility index (Phi) is 4.93. The summed E-state index contributed by atoms with van der Waals surface area (Å²) >= 11 is 0. The molecule has 1 aliphatic rings. The highest BCUT2D eigenvalue weighted by atomic mass is 16.5. The highest BCUT2D eigenvalue weighted by Crippen LogP contribution is 2.17. The first kappa shape index (κ1) is 14.0. The highest BCUT2D eigenvalue weighted by Gasteiger charge is 2.24. The number of nitrogens with zero attached hydrogens (tertiary/aromatic N) is 1. The fraction of sp³-hybridized carbons (Fsp3) is 0.533. The molecule has 0 aromatic heterocycles. The summed E-state index contributed by atoms with van der Waals surface area (Å²) < 4.78 is 5.39. The van der Waals surface area contributed by atoms with Gasteiger partial charge in [-0.3, -0.25) is 4.79 Å². The second-order valence-electron chi connectivity index (χ2n) is 5.14. The van der Waals surface area contributed by atoms with Gasteiger partial charge in [-0.2, -0.15) is 0 Å². The minimum Gasteiger partial charge on any atom is -0.368 e. The molecule has 4 heteroatoms. The first-order valence-electron chi connectivity index (χ1n) is 6.79. The van der Waals surface area contributed by atoms with E-state index in [1.807, 2.05) is 32.3 Å². The first-order chi connectivity index (χ1) is 9.18. The average molecular weight is 262 g/mol. The summed E-state index contributed by atoms with van der Waals surface area (Å²) in [6.07, 6.45) is 1.57. The molecule has 0 aliphatic carbocycles. The zero-order chi connectivity index (χ0) is 13.7. The molecule has 2 rings (SSSR count). The molecule has 0 unspecified atom stereocenters. The van der Waals surface area contributed by atoms with Gasteiger partial charge in [0.15, 0.2) is 0 Å². The van der Waals surface area contributed by atoms with E-state index in [1.165, 1.54) is 5.56 Å². The van der Waals surface area contributed by atoms with Crippen molar-refractivity contribution in [1.82, 2.24) is 10.2 Å². The van der Waals surface area contributed by atoms with Crippen molar-refractivity contribution in [2.75, 3.05) is 27.2 Å². The number of rotatable bonds is 5. The number of carbonyl (C=O) groups excluding carboxylic acids is 1. The number of benzene rings is 1. The van der Waals surface area contributed by atoms with Crippen LogP contribution in [0.2, 0.25) is 0 Å². The second-order valence-corrected chi connectivity index (χ2v) is 5.14. The van der Waals surface area contributed by atoms with Crippen LogP contribution in [0.5, 0.6) is 0 Å². The molecule has 1 aliphatic heterocycles. The average Bonchev–Trinajstić information content (AvgIpc) is 2.93. The number of hydrogen-bond donors (Lipinski definition) is 1. The van der Waals surface area contributed by atoms with Crippen LogP contribution < -0.4 is 5.32 Å². The van der Waals surface area contributed by atoms with Crippen molar-refractivity contribution in [1.29, 1.82) is 0 Å². The number of carbonyl (C=O) groups is 1. The van der Waals surface area contributed by atoms with Gasteiger partial charge in [-0.05, 0) is 32.5 Å². The molecule has 1 saturated heterocycles. The van der Waals surface area contributed by atoms with Crippen LogP contribution in [0.25, 0.3) is 0 Å². The third-order valence-electron chi connectivity index (χ3n) is 3.50. The van der Waals surface area contributed by atoms with Gasteiger partial charge in [0.05, 0.1) is 6.04 Å². The van der Waals surface area contributed by atoms with Crippen molar-refractivity contribution in [3.8, 4) is 0 Å². The van der Waals surface area contributed by atoms with Gasteiger partial charge in [0, 0.05) is 13.2 Å². The Morgan fingerprint density at radius 1 is 1.42 bits per heavy atom. The lowest BCUT2D eigenvalue weighted by Gasteiger charge is -2.25. The summed E-state index contributed by atoms with van der Waals surface area (Å²) in [6.45, 7) is 1.31. The Balaban J connectivity index is 1.92. The molecule has 0 saturated carbocycles. The fourth-order valence-electron chi connectivity index (χ4n) is 2.37. The normalized spacial score (nSPS) is 20.5. The molecule has 4 nitrogen and oxygen atoms in total. The molecule has 2 atom stereocenters. The number of ether oxygens (including phenoxy) is 1. The van der Waals surface area contributed by atoms with Crippen molar-refractivity contribution in [3.63, 3.8) is 0 Å². The van der Waals surface area contributed by atoms with E-state index in [-0.39, 0.29) is 18.1 Å². The summed E-state index contributed by atoms with van der Waals surface area (Å²) in [5.74, 6) is 0.0141. The maximum atomic E-state index is 11.9. The van der Waals surface area contributed by atoms with E-state index in [1.54, 1.807) is 0 Å². The number of amides is 1. The van der Waals surface area contributed by atoms with E-state index in [0.717, 1.165) is 12.8 Å². The fourth-order valence-corrected chi connectivity index (χ4v) is 2.37. The Morgan fingerprint density at radius 3 is 2.74 bits per heavy atom. The third-order valence-corrected chi connectivity index (χ3v) is 3.50. The molecular formula is C15H22N2O2. The van der Waals surface area contributed by atoms with Gasteiger partial charge in [-0.15, -0.1) is 0 Å². The first-order valence-corrected chi connectivity index (χ1v) is 6.79. The zero-order valence-electron chi connectivity index (χ0n) is 11.6. The summed E-state index contributed by atoms with van der Waals surface area (Å²) in [4.78, 5) is 14.1. The number of hydrogen-bond acceptors (Lipinski definition) is 3. The zero-order valence-corrected chi connectivity index (χ0v) is 11.6. The van der Waals surface area contributed by atoms with E-state index in [0.29, 0.717) is 13.2 Å². The molecule has 1 heterocycles. The molecule has 0 spiro atoms. The van der Waals surface area contributed by atoms with E-state index >= 15 is 0 Å². The van der Waals surface area contributed by atoms with Crippen molar-refractivity contribution in [2.24, 2.45) is 0 Å². The lowest BCUT2D eigenvalue weighted by atomic mass is 10.1. The molecule has 104 valence electrons. The van der Waals surface area contributed by atoms with E-state index in [2.05, 4.69) is 22.3 Å². The van der Waals surface area contributed by atoms with Crippen LogP contribution in [0.1, 0.15) is 24.4 Å². The minimum atomic E-state index is -0.251. The largest absolute Gasteiger partial charge is 0.368 e. The predicted octanol–water partition coefficient (Wildman–Crippen LogP) is 1.58. The molecule has 1 aromatic carbocycles. The summed E-state index contributed by atoms with van der Waals surface area (Å²) in [6, 6.07) is 10.4. The lowest BCUT2D eigenvalue weighted by molar-refractivity contribution is -0.130. The van der Waals surface area contributed by atoms with Gasteiger partial charge in [0.1, 0.15) is 6.10 Å². The van der Waals surface area contributed by atoms with Crippen molar-refractivity contribution < 1.29 is 9.53 Å². The Bertz CT molecular complexity index is 400. The monoisotopic (exact) mass is 262 g/mol. The standard InChI is InChI=1S/C15H22N2O2/c1-17(2)13(12-7-4-3-5-8-12)11-16-15(18)14-9-6-10-19-14/h3-5,7-8,13-14H,6,9-11H2,1-2H3,(H,16,18)/t13-,14-/m1/s1. The third kappa shape index (κ3) is 3.78. The second kappa shape index (κ2) is 6.68. The van der Waals surface area contributed by atoms with Gasteiger partial charge in [-0.1, -0.05) is 30.3 Å². The van der Waals surface area contributed by atoms with Gasteiger partial charge >= 0.3 is 0 Å². The molecule has 0 radical (unpaired) electrons. The Hall–Kier alpha value is -1.39. The van der Waals surface area contributed by atoms with Crippen molar-refractivity contribution in [3.05, 3.63) is 35.9 Å². The molecule has 1 amide bonds. The molecule has 1 aromatic rings. The van der Waals surface area contributed by atoms with Crippen LogP contribution in [-0.2, 0) is 9.53 Å². The molecule has 0 bridgehead atoms. The summed E-state index contributed by atoms with van der Waals surface area (Å²) in [7, 11) is 4.05. The SMILES string of the molecule is CN(C)[C@H](CNC(=O)[C@H]1CCCO1)c1ccccc1. The molecule has 19 heavy (non-hydrogen) atoms. The van der Waals surface area contributed by atoms with Crippen LogP contribution in [0, 0.1) is 0 Å². The van der Waals surface area contributed by atoms with Gasteiger partial charge in [0.25, 0.3) is 0 Å². The molecular weight excluding hydrogens is 240 g/mol. The van der Waals surface area contributed by atoms with Crippen LogP contribution in [0.3, 0.4) is 0 Å². The van der Waals surface area contributed by atoms with E-state index in [4.69, 9.17) is 4.74 Å². The summed E-state index contributed by atoms with van der Waals surface area (Å²) in [5, 5.41) is 3.00. The number of nitrogens with one attached hydrogen (secondary N) is 1. The minimum absolute atomic E-state index is 0.0141. The maximum absolute atomic E-state index is 11.9. The lowest BCUT2D eigenvalue weighted by Crippen LogP contribution is -2.39. The Morgan fingerprint density at radius 2 is 2.16 bits per heavy atom. The van der Waals surface area contributed by atoms with Gasteiger partial charge in [-0.25, -0.2) is 0 Å². The van der Waals surface area contributed by atoms with Crippen LogP contribution >= 0.6 is 0 Å². The molecule has 1 N–H and O–H groups in total. The summed E-state index contributed by atoms with van der Waals surface area (Å²) in [5.41, 5.74) is 1.21. The quantitative estimate of drug-likeness (QED) is 0.876. The maximum Gasteiger partial charge on any atom is 0.249 e. The van der Waals surface area contributed by atoms with Crippen molar-refractivity contribution in [2.45, 2.75) is 25.0 Å². The molecule has 1 fully saturated rings. The highest BCUT2D eigenvalue weighted by molar-refractivity contribution is 5.81. The van der Waals surface area contributed by atoms with E-state index in [9.17, 15) is 4.79 Å². The van der Waals surface area contributed by atoms with Crippen LogP contribution in [-0.4, -0.2) is 44.2 Å². The topological polar surface area (TPSA) is 41.6 Å². The number of likely N-dealkylation sites (N-methyl/N-ethyl adjacent to an activating group) is 1. The smallest absolute Gasteiger partial charge is 0.249 e. The Labute approximate surface area is 114 Å². The van der Waals surface area contributed by atoms with E-state index < -0.39 is 0 Å².